The Bertz CT molecular complexity index is 753. The quantitative estimate of drug-likeness (QED) is 0.557. The second kappa shape index (κ2) is 9.40. The van der Waals surface area contributed by atoms with Crippen LogP contribution in [-0.2, 0) is 16.6 Å². The predicted octanol–water partition coefficient (Wildman–Crippen LogP) is 1.70. The van der Waals surface area contributed by atoms with E-state index in [0.717, 1.165) is 5.56 Å². The Morgan fingerprint density at radius 2 is 2.08 bits per heavy atom. The molecule has 0 aliphatic carbocycles. The number of nitrogens with one attached hydrogen (secondary N) is 2. The van der Waals surface area contributed by atoms with Crippen LogP contribution in [0.2, 0.25) is 5.02 Å². The number of thioether (sulfide) groups is 1. The number of hydrogen-bond acceptors (Lipinski definition) is 6. The fourth-order valence-corrected chi connectivity index (χ4v) is 2.85. The SMILES string of the molecule is COCCNC(=O)NC(=O)CSc1nnc(-c2ccccc2Cl)n1C. The van der Waals surface area contributed by atoms with Crippen molar-refractivity contribution in [2.24, 2.45) is 7.05 Å². The number of nitrogens with zero attached hydrogens (tertiary/aromatic N) is 3. The van der Waals surface area contributed by atoms with E-state index in [9.17, 15) is 9.59 Å². The fraction of sp³-hybridized carbons (Fsp3) is 0.333. The minimum atomic E-state index is -0.558. The van der Waals surface area contributed by atoms with Crippen molar-refractivity contribution in [3.05, 3.63) is 29.3 Å². The van der Waals surface area contributed by atoms with E-state index in [1.165, 1.54) is 18.9 Å². The number of halogens is 1. The zero-order valence-electron chi connectivity index (χ0n) is 13.8. The van der Waals surface area contributed by atoms with Gasteiger partial charge in [0.25, 0.3) is 0 Å². The third-order valence-corrected chi connectivity index (χ3v) is 4.48. The highest BCUT2D eigenvalue weighted by Gasteiger charge is 2.15. The summed E-state index contributed by atoms with van der Waals surface area (Å²) in [6.07, 6.45) is 0. The lowest BCUT2D eigenvalue weighted by Gasteiger charge is -2.07. The maximum Gasteiger partial charge on any atom is 0.321 e. The average Bonchev–Trinajstić information content (AvgIpc) is 2.94. The molecule has 0 aliphatic heterocycles. The molecular weight excluding hydrogens is 366 g/mol. The van der Waals surface area contributed by atoms with Gasteiger partial charge in [-0.2, -0.15) is 0 Å². The third kappa shape index (κ3) is 5.45. The van der Waals surface area contributed by atoms with E-state index in [0.29, 0.717) is 29.2 Å². The van der Waals surface area contributed by atoms with Crippen molar-refractivity contribution < 1.29 is 14.3 Å². The van der Waals surface area contributed by atoms with Gasteiger partial charge in [0.05, 0.1) is 17.4 Å². The summed E-state index contributed by atoms with van der Waals surface area (Å²) in [5.41, 5.74) is 0.757. The number of urea groups is 1. The van der Waals surface area contributed by atoms with E-state index < -0.39 is 11.9 Å². The zero-order chi connectivity index (χ0) is 18.2. The second-order valence-corrected chi connectivity index (χ2v) is 6.28. The number of imide groups is 1. The molecule has 2 rings (SSSR count). The zero-order valence-corrected chi connectivity index (χ0v) is 15.4. The van der Waals surface area contributed by atoms with Crippen LogP contribution >= 0.6 is 23.4 Å². The molecule has 0 unspecified atom stereocenters. The van der Waals surface area contributed by atoms with Crippen LogP contribution in [0, 0.1) is 0 Å². The molecule has 0 saturated heterocycles. The predicted molar refractivity (Wildman–Crippen MR) is 95.6 cm³/mol. The van der Waals surface area contributed by atoms with Gasteiger partial charge in [-0.15, -0.1) is 10.2 Å². The molecule has 0 aliphatic rings. The van der Waals surface area contributed by atoms with E-state index in [4.69, 9.17) is 16.3 Å². The monoisotopic (exact) mass is 383 g/mol. The standard InChI is InChI=1S/C15H18ClN5O3S/c1-21-13(10-5-3-4-6-11(10)16)19-20-15(21)25-9-12(22)18-14(23)17-7-8-24-2/h3-6H,7-9H2,1-2H3,(H2,17,18,22,23). The Morgan fingerprint density at radius 3 is 2.80 bits per heavy atom. The molecule has 0 radical (unpaired) electrons. The minimum Gasteiger partial charge on any atom is -0.383 e. The highest BCUT2D eigenvalue weighted by Crippen LogP contribution is 2.28. The minimum absolute atomic E-state index is 0.0339. The number of methoxy groups -OCH3 is 1. The maximum atomic E-state index is 11.8. The summed E-state index contributed by atoms with van der Waals surface area (Å²) in [6, 6.07) is 6.75. The van der Waals surface area contributed by atoms with Crippen molar-refractivity contribution in [2.45, 2.75) is 5.16 Å². The van der Waals surface area contributed by atoms with Gasteiger partial charge in [0, 0.05) is 26.3 Å². The Hall–Kier alpha value is -2.10. The molecule has 1 heterocycles. The number of carbonyl (C=O) groups is 2. The van der Waals surface area contributed by atoms with Crippen LogP contribution in [0.3, 0.4) is 0 Å². The summed E-state index contributed by atoms with van der Waals surface area (Å²) >= 11 is 7.35. The molecule has 0 atom stereocenters. The molecule has 8 nitrogen and oxygen atoms in total. The molecule has 0 saturated carbocycles. The van der Waals surface area contributed by atoms with Gasteiger partial charge in [0.15, 0.2) is 11.0 Å². The molecule has 3 amide bonds. The lowest BCUT2D eigenvalue weighted by Crippen LogP contribution is -2.41. The summed E-state index contributed by atoms with van der Waals surface area (Å²) in [5, 5.41) is 14.0. The molecule has 10 heteroatoms. The summed E-state index contributed by atoms with van der Waals surface area (Å²) in [4.78, 5) is 23.3. The number of ether oxygens (including phenoxy) is 1. The van der Waals surface area contributed by atoms with Gasteiger partial charge >= 0.3 is 6.03 Å². The average molecular weight is 384 g/mol. The van der Waals surface area contributed by atoms with Gasteiger partial charge in [-0.1, -0.05) is 35.5 Å². The van der Waals surface area contributed by atoms with E-state index >= 15 is 0 Å². The molecule has 0 bridgehead atoms. The van der Waals surface area contributed by atoms with Crippen LogP contribution in [0.4, 0.5) is 4.79 Å². The summed E-state index contributed by atoms with van der Waals surface area (Å²) < 4.78 is 6.55. The number of carbonyl (C=O) groups excluding carboxylic acids is 2. The van der Waals surface area contributed by atoms with Crippen molar-refractivity contribution >= 4 is 35.3 Å². The Kier molecular flexibility index (Phi) is 7.23. The van der Waals surface area contributed by atoms with Crippen LogP contribution in [0.25, 0.3) is 11.4 Å². The van der Waals surface area contributed by atoms with E-state index in [2.05, 4.69) is 20.8 Å². The number of benzene rings is 1. The van der Waals surface area contributed by atoms with Gasteiger partial charge in [-0.3, -0.25) is 10.1 Å². The molecule has 2 aromatic rings. The van der Waals surface area contributed by atoms with E-state index in [1.807, 2.05) is 18.2 Å². The molecule has 0 fully saturated rings. The van der Waals surface area contributed by atoms with Crippen molar-refractivity contribution in [3.63, 3.8) is 0 Å². The Morgan fingerprint density at radius 1 is 1.32 bits per heavy atom. The van der Waals surface area contributed by atoms with Crippen molar-refractivity contribution in [3.8, 4) is 11.4 Å². The van der Waals surface area contributed by atoms with Crippen LogP contribution < -0.4 is 10.6 Å². The van der Waals surface area contributed by atoms with Gasteiger partial charge in [-0.25, -0.2) is 4.79 Å². The lowest BCUT2D eigenvalue weighted by molar-refractivity contribution is -0.117. The van der Waals surface area contributed by atoms with Crippen LogP contribution in [0.15, 0.2) is 29.4 Å². The summed E-state index contributed by atoms with van der Waals surface area (Å²) in [7, 11) is 3.31. The van der Waals surface area contributed by atoms with Crippen LogP contribution in [0.5, 0.6) is 0 Å². The van der Waals surface area contributed by atoms with Crippen molar-refractivity contribution in [2.75, 3.05) is 26.0 Å². The summed E-state index contributed by atoms with van der Waals surface area (Å²) in [5.74, 6) is 0.208. The molecule has 1 aromatic carbocycles. The molecule has 134 valence electrons. The van der Waals surface area contributed by atoms with Gasteiger partial charge in [0.2, 0.25) is 5.91 Å². The van der Waals surface area contributed by atoms with E-state index in [-0.39, 0.29) is 5.75 Å². The Balaban J connectivity index is 1.91. The second-order valence-electron chi connectivity index (χ2n) is 4.93. The third-order valence-electron chi connectivity index (χ3n) is 3.13. The first-order chi connectivity index (χ1) is 12.0. The lowest BCUT2D eigenvalue weighted by atomic mass is 10.2. The molecule has 2 N–H and O–H groups in total. The molecule has 25 heavy (non-hydrogen) atoms. The highest BCUT2D eigenvalue weighted by atomic mass is 35.5. The summed E-state index contributed by atoms with van der Waals surface area (Å²) in [6.45, 7) is 0.702. The highest BCUT2D eigenvalue weighted by molar-refractivity contribution is 7.99. The molecular formula is C15H18ClN5O3S. The number of amides is 3. The first kappa shape index (κ1) is 19.2. The normalized spacial score (nSPS) is 10.5. The Labute approximate surface area is 154 Å². The maximum absolute atomic E-state index is 11.8. The molecule has 1 aromatic heterocycles. The largest absolute Gasteiger partial charge is 0.383 e. The topological polar surface area (TPSA) is 98.1 Å². The van der Waals surface area contributed by atoms with Crippen molar-refractivity contribution in [1.82, 2.24) is 25.4 Å². The van der Waals surface area contributed by atoms with Gasteiger partial charge in [-0.05, 0) is 12.1 Å². The first-order valence-electron chi connectivity index (χ1n) is 7.36. The number of hydrogen-bond donors (Lipinski definition) is 2. The number of aromatic nitrogens is 3. The molecule has 0 spiro atoms. The van der Waals surface area contributed by atoms with Crippen molar-refractivity contribution in [1.29, 1.82) is 0 Å². The first-order valence-corrected chi connectivity index (χ1v) is 8.73. The van der Waals surface area contributed by atoms with Crippen LogP contribution in [0.1, 0.15) is 0 Å². The van der Waals surface area contributed by atoms with Gasteiger partial charge < -0.3 is 14.6 Å². The van der Waals surface area contributed by atoms with E-state index in [1.54, 1.807) is 17.7 Å². The fourth-order valence-electron chi connectivity index (χ4n) is 1.92. The smallest absolute Gasteiger partial charge is 0.321 e. The van der Waals surface area contributed by atoms with Gasteiger partial charge in [0.1, 0.15) is 0 Å². The number of rotatable bonds is 7. The van der Waals surface area contributed by atoms with Crippen LogP contribution in [-0.4, -0.2) is 52.7 Å².